The maximum Gasteiger partial charge on any atom is 0.0911 e. The third kappa shape index (κ3) is 3.34. The SMILES string of the molecule is CC(C)n1ccc(COCc2ccc(N)cc2)n1. The van der Waals surface area contributed by atoms with Gasteiger partial charge in [0.1, 0.15) is 0 Å². The molecule has 0 bridgehead atoms. The normalized spacial score (nSPS) is 11.1. The van der Waals surface area contributed by atoms with E-state index in [1.165, 1.54) is 0 Å². The lowest BCUT2D eigenvalue weighted by molar-refractivity contribution is 0.104. The fourth-order valence-corrected chi connectivity index (χ4v) is 1.63. The number of hydrogen-bond acceptors (Lipinski definition) is 3. The van der Waals surface area contributed by atoms with E-state index < -0.39 is 0 Å². The van der Waals surface area contributed by atoms with E-state index in [1.807, 2.05) is 41.2 Å². The van der Waals surface area contributed by atoms with Crippen molar-refractivity contribution in [2.45, 2.75) is 33.1 Å². The molecule has 0 amide bonds. The molecule has 0 fully saturated rings. The van der Waals surface area contributed by atoms with E-state index in [4.69, 9.17) is 10.5 Å². The van der Waals surface area contributed by atoms with Gasteiger partial charge in [0.05, 0.1) is 18.9 Å². The van der Waals surface area contributed by atoms with E-state index in [0.717, 1.165) is 16.9 Å². The molecule has 2 rings (SSSR count). The van der Waals surface area contributed by atoms with Crippen LogP contribution in [-0.4, -0.2) is 9.78 Å². The van der Waals surface area contributed by atoms with E-state index in [2.05, 4.69) is 18.9 Å². The van der Waals surface area contributed by atoms with Gasteiger partial charge in [0, 0.05) is 17.9 Å². The van der Waals surface area contributed by atoms with Gasteiger partial charge in [0.15, 0.2) is 0 Å². The van der Waals surface area contributed by atoms with Crippen molar-refractivity contribution in [1.82, 2.24) is 9.78 Å². The molecular formula is C14H19N3O. The predicted octanol–water partition coefficient (Wildman–Crippen LogP) is 2.76. The summed E-state index contributed by atoms with van der Waals surface area (Å²) in [6.07, 6.45) is 1.98. The van der Waals surface area contributed by atoms with Crippen LogP contribution >= 0.6 is 0 Å². The van der Waals surface area contributed by atoms with Crippen molar-refractivity contribution in [2.24, 2.45) is 0 Å². The Morgan fingerprint density at radius 2 is 1.89 bits per heavy atom. The van der Waals surface area contributed by atoms with Crippen molar-refractivity contribution < 1.29 is 4.74 Å². The summed E-state index contributed by atoms with van der Waals surface area (Å²) in [6, 6.07) is 10.1. The van der Waals surface area contributed by atoms with Gasteiger partial charge in [0.2, 0.25) is 0 Å². The Labute approximate surface area is 107 Å². The number of aromatic nitrogens is 2. The molecule has 2 aromatic rings. The topological polar surface area (TPSA) is 53.1 Å². The number of nitrogens with zero attached hydrogens (tertiary/aromatic N) is 2. The first-order valence-corrected chi connectivity index (χ1v) is 6.11. The van der Waals surface area contributed by atoms with E-state index in [-0.39, 0.29) is 0 Å². The monoisotopic (exact) mass is 245 g/mol. The standard InChI is InChI=1S/C14H19N3O/c1-11(2)17-8-7-14(16-17)10-18-9-12-3-5-13(15)6-4-12/h3-8,11H,9-10,15H2,1-2H3. The molecule has 4 nitrogen and oxygen atoms in total. The molecule has 0 aliphatic carbocycles. The Hall–Kier alpha value is -1.81. The van der Waals surface area contributed by atoms with Gasteiger partial charge in [-0.25, -0.2) is 0 Å². The second-order valence-electron chi connectivity index (χ2n) is 4.62. The maximum atomic E-state index is 5.62. The zero-order valence-corrected chi connectivity index (χ0v) is 10.8. The Morgan fingerprint density at radius 3 is 2.50 bits per heavy atom. The number of ether oxygens (including phenoxy) is 1. The lowest BCUT2D eigenvalue weighted by Crippen LogP contribution is -2.02. The van der Waals surface area contributed by atoms with Crippen LogP contribution in [0.4, 0.5) is 5.69 Å². The molecule has 0 saturated heterocycles. The molecule has 1 aromatic heterocycles. The first kappa shape index (κ1) is 12.6. The van der Waals surface area contributed by atoms with Crippen molar-refractivity contribution in [3.8, 4) is 0 Å². The largest absolute Gasteiger partial charge is 0.399 e. The fraction of sp³-hybridized carbons (Fsp3) is 0.357. The van der Waals surface area contributed by atoms with E-state index in [9.17, 15) is 0 Å². The minimum atomic E-state index is 0.385. The molecule has 0 saturated carbocycles. The molecular weight excluding hydrogens is 226 g/mol. The Bertz CT molecular complexity index is 488. The molecule has 18 heavy (non-hydrogen) atoms. The molecule has 0 aliphatic heterocycles. The van der Waals surface area contributed by atoms with Crippen LogP contribution in [0, 0.1) is 0 Å². The van der Waals surface area contributed by atoms with Crippen molar-refractivity contribution in [3.63, 3.8) is 0 Å². The Kier molecular flexibility index (Phi) is 3.99. The molecule has 0 radical (unpaired) electrons. The van der Waals surface area contributed by atoms with Crippen molar-refractivity contribution in [1.29, 1.82) is 0 Å². The molecule has 0 aliphatic rings. The quantitative estimate of drug-likeness (QED) is 0.824. The number of nitrogen functional groups attached to an aromatic ring is 1. The summed E-state index contributed by atoms with van der Waals surface area (Å²) in [5.74, 6) is 0. The van der Waals surface area contributed by atoms with Crippen LogP contribution in [0.25, 0.3) is 0 Å². The summed E-state index contributed by atoms with van der Waals surface area (Å²) in [4.78, 5) is 0. The first-order valence-electron chi connectivity index (χ1n) is 6.11. The summed E-state index contributed by atoms with van der Waals surface area (Å²) in [5, 5.41) is 4.43. The zero-order valence-electron chi connectivity index (χ0n) is 10.8. The Balaban J connectivity index is 1.82. The highest BCUT2D eigenvalue weighted by molar-refractivity contribution is 5.39. The number of rotatable bonds is 5. The maximum absolute atomic E-state index is 5.62. The third-order valence-corrected chi connectivity index (χ3v) is 2.69. The second kappa shape index (κ2) is 5.69. The summed E-state index contributed by atoms with van der Waals surface area (Å²) < 4.78 is 7.55. The van der Waals surface area contributed by atoms with Gasteiger partial charge in [-0.2, -0.15) is 5.10 Å². The van der Waals surface area contributed by atoms with E-state index in [1.54, 1.807) is 0 Å². The highest BCUT2D eigenvalue weighted by atomic mass is 16.5. The summed E-state index contributed by atoms with van der Waals surface area (Å²) in [7, 11) is 0. The third-order valence-electron chi connectivity index (χ3n) is 2.69. The van der Waals surface area contributed by atoms with Crippen molar-refractivity contribution in [3.05, 3.63) is 47.8 Å². The first-order chi connectivity index (χ1) is 8.65. The van der Waals surface area contributed by atoms with Crippen molar-refractivity contribution >= 4 is 5.69 Å². The van der Waals surface area contributed by atoms with Crippen LogP contribution in [0.3, 0.4) is 0 Å². The lowest BCUT2D eigenvalue weighted by atomic mass is 10.2. The smallest absolute Gasteiger partial charge is 0.0911 e. The van der Waals surface area contributed by atoms with Crippen LogP contribution in [0.15, 0.2) is 36.5 Å². The van der Waals surface area contributed by atoms with Gasteiger partial charge in [0.25, 0.3) is 0 Å². The van der Waals surface area contributed by atoms with Crippen LogP contribution in [-0.2, 0) is 18.0 Å². The Morgan fingerprint density at radius 1 is 1.17 bits per heavy atom. The number of nitrogens with two attached hydrogens (primary N) is 1. The summed E-state index contributed by atoms with van der Waals surface area (Å²) >= 11 is 0. The highest BCUT2D eigenvalue weighted by Crippen LogP contribution is 2.09. The lowest BCUT2D eigenvalue weighted by Gasteiger charge is -2.05. The molecule has 1 heterocycles. The molecule has 0 spiro atoms. The average molecular weight is 245 g/mol. The van der Waals surface area contributed by atoms with Crippen LogP contribution in [0.5, 0.6) is 0 Å². The highest BCUT2D eigenvalue weighted by Gasteiger charge is 2.02. The number of hydrogen-bond donors (Lipinski definition) is 1. The number of anilines is 1. The zero-order chi connectivity index (χ0) is 13.0. The van der Waals surface area contributed by atoms with Gasteiger partial charge >= 0.3 is 0 Å². The summed E-state index contributed by atoms with van der Waals surface area (Å²) in [5.41, 5.74) is 8.47. The second-order valence-corrected chi connectivity index (χ2v) is 4.62. The van der Waals surface area contributed by atoms with Crippen LogP contribution < -0.4 is 5.73 Å². The molecule has 0 unspecified atom stereocenters. The molecule has 0 atom stereocenters. The molecule has 1 aromatic carbocycles. The molecule has 2 N–H and O–H groups in total. The molecule has 4 heteroatoms. The summed E-state index contributed by atoms with van der Waals surface area (Å²) in [6.45, 7) is 5.32. The van der Waals surface area contributed by atoms with E-state index in [0.29, 0.717) is 19.3 Å². The predicted molar refractivity (Wildman–Crippen MR) is 72.0 cm³/mol. The van der Waals surface area contributed by atoms with Crippen molar-refractivity contribution in [2.75, 3.05) is 5.73 Å². The van der Waals surface area contributed by atoms with Gasteiger partial charge < -0.3 is 10.5 Å². The fourth-order valence-electron chi connectivity index (χ4n) is 1.63. The van der Waals surface area contributed by atoms with Gasteiger partial charge in [-0.15, -0.1) is 0 Å². The van der Waals surface area contributed by atoms with E-state index >= 15 is 0 Å². The average Bonchev–Trinajstić information content (AvgIpc) is 2.81. The van der Waals surface area contributed by atoms with Gasteiger partial charge in [-0.3, -0.25) is 4.68 Å². The minimum Gasteiger partial charge on any atom is -0.399 e. The van der Waals surface area contributed by atoms with Crippen LogP contribution in [0.2, 0.25) is 0 Å². The van der Waals surface area contributed by atoms with Gasteiger partial charge in [-0.05, 0) is 37.6 Å². The van der Waals surface area contributed by atoms with Crippen LogP contribution in [0.1, 0.15) is 31.1 Å². The minimum absolute atomic E-state index is 0.385. The van der Waals surface area contributed by atoms with Gasteiger partial charge in [-0.1, -0.05) is 12.1 Å². The number of benzene rings is 1. The molecule has 96 valence electrons.